The Bertz CT molecular complexity index is 110. The van der Waals surface area contributed by atoms with E-state index in [0.717, 1.165) is 26.0 Å². The van der Waals surface area contributed by atoms with Crippen LogP contribution in [0.2, 0.25) is 0 Å². The van der Waals surface area contributed by atoms with Crippen LogP contribution in [0.4, 0.5) is 0 Å². The molecule has 0 unspecified atom stereocenters. The number of hydrogen-bond donors (Lipinski definition) is 1. The van der Waals surface area contributed by atoms with Crippen molar-refractivity contribution in [2.45, 2.75) is 31.9 Å². The normalized spacial score (nSPS) is 28.5. The standard InChI is InChI=1S/C9H19NO2/c1-3-10-8-6-9(7-8)12-5-4-11-2/h8-10H,3-7H2,1-2H3. The molecule has 0 saturated heterocycles. The van der Waals surface area contributed by atoms with E-state index in [1.54, 1.807) is 7.11 Å². The van der Waals surface area contributed by atoms with Crippen molar-refractivity contribution >= 4 is 0 Å². The molecule has 3 heteroatoms. The van der Waals surface area contributed by atoms with Crippen molar-refractivity contribution in [1.29, 1.82) is 0 Å². The smallest absolute Gasteiger partial charge is 0.0704 e. The van der Waals surface area contributed by atoms with Gasteiger partial charge in [-0.25, -0.2) is 0 Å². The molecule has 12 heavy (non-hydrogen) atoms. The van der Waals surface area contributed by atoms with Crippen molar-refractivity contribution in [1.82, 2.24) is 5.32 Å². The van der Waals surface area contributed by atoms with Crippen LogP contribution < -0.4 is 5.32 Å². The van der Waals surface area contributed by atoms with E-state index in [2.05, 4.69) is 12.2 Å². The molecule has 0 amide bonds. The van der Waals surface area contributed by atoms with E-state index in [-0.39, 0.29) is 0 Å². The molecule has 3 nitrogen and oxygen atoms in total. The Morgan fingerprint density at radius 3 is 2.67 bits per heavy atom. The molecule has 0 aromatic carbocycles. The van der Waals surface area contributed by atoms with Crippen LogP contribution in [-0.4, -0.2) is 39.0 Å². The van der Waals surface area contributed by atoms with Crippen LogP contribution in [0, 0.1) is 0 Å². The van der Waals surface area contributed by atoms with Gasteiger partial charge in [-0.3, -0.25) is 0 Å². The fraction of sp³-hybridized carbons (Fsp3) is 1.00. The van der Waals surface area contributed by atoms with Crippen molar-refractivity contribution in [3.05, 3.63) is 0 Å². The summed E-state index contributed by atoms with van der Waals surface area (Å²) in [6.45, 7) is 4.65. The fourth-order valence-corrected chi connectivity index (χ4v) is 1.46. The van der Waals surface area contributed by atoms with E-state index < -0.39 is 0 Å². The first-order valence-electron chi connectivity index (χ1n) is 4.70. The molecule has 0 spiro atoms. The van der Waals surface area contributed by atoms with Crippen LogP contribution in [0.15, 0.2) is 0 Å². The molecule has 0 heterocycles. The quantitative estimate of drug-likeness (QED) is 0.602. The third kappa shape index (κ3) is 3.09. The first-order valence-corrected chi connectivity index (χ1v) is 4.70. The second kappa shape index (κ2) is 5.51. The van der Waals surface area contributed by atoms with Crippen molar-refractivity contribution in [2.24, 2.45) is 0 Å². The van der Waals surface area contributed by atoms with Crippen molar-refractivity contribution in [3.8, 4) is 0 Å². The Morgan fingerprint density at radius 1 is 1.33 bits per heavy atom. The summed E-state index contributed by atoms with van der Waals surface area (Å²) < 4.78 is 10.4. The second-order valence-corrected chi connectivity index (χ2v) is 3.21. The topological polar surface area (TPSA) is 30.5 Å². The maximum absolute atomic E-state index is 5.53. The highest BCUT2D eigenvalue weighted by atomic mass is 16.5. The van der Waals surface area contributed by atoms with Crippen LogP contribution in [-0.2, 0) is 9.47 Å². The van der Waals surface area contributed by atoms with E-state index in [4.69, 9.17) is 9.47 Å². The number of methoxy groups -OCH3 is 1. The molecule has 1 aliphatic rings. The first-order chi connectivity index (χ1) is 5.86. The summed E-state index contributed by atoms with van der Waals surface area (Å²) in [5.41, 5.74) is 0. The average Bonchev–Trinajstić information content (AvgIpc) is 2.00. The largest absolute Gasteiger partial charge is 0.382 e. The molecule has 0 aromatic rings. The first kappa shape index (κ1) is 9.96. The molecule has 0 aromatic heterocycles. The molecule has 1 N–H and O–H groups in total. The summed E-state index contributed by atoms with van der Waals surface area (Å²) in [7, 11) is 1.70. The molecule has 1 fully saturated rings. The lowest BCUT2D eigenvalue weighted by molar-refractivity contribution is -0.0352. The van der Waals surface area contributed by atoms with Gasteiger partial charge in [-0.05, 0) is 19.4 Å². The van der Waals surface area contributed by atoms with Crippen molar-refractivity contribution in [2.75, 3.05) is 26.9 Å². The maximum atomic E-state index is 5.53. The number of nitrogens with one attached hydrogen (secondary N) is 1. The summed E-state index contributed by atoms with van der Waals surface area (Å²) >= 11 is 0. The zero-order valence-corrected chi connectivity index (χ0v) is 8.01. The molecule has 0 atom stereocenters. The maximum Gasteiger partial charge on any atom is 0.0704 e. The Morgan fingerprint density at radius 2 is 2.08 bits per heavy atom. The predicted octanol–water partition coefficient (Wildman–Crippen LogP) is 0.790. The van der Waals surface area contributed by atoms with E-state index in [9.17, 15) is 0 Å². The highest BCUT2D eigenvalue weighted by molar-refractivity contribution is 4.85. The van der Waals surface area contributed by atoms with Crippen LogP contribution in [0.25, 0.3) is 0 Å². The zero-order chi connectivity index (χ0) is 8.81. The minimum absolute atomic E-state index is 0.476. The highest BCUT2D eigenvalue weighted by Gasteiger charge is 2.28. The van der Waals surface area contributed by atoms with Gasteiger partial charge >= 0.3 is 0 Å². The zero-order valence-electron chi connectivity index (χ0n) is 8.01. The van der Waals surface area contributed by atoms with Gasteiger partial charge in [0.15, 0.2) is 0 Å². The Labute approximate surface area is 74.4 Å². The summed E-state index contributed by atoms with van der Waals surface area (Å²) in [5, 5.41) is 3.39. The monoisotopic (exact) mass is 173 g/mol. The molecule has 0 bridgehead atoms. The van der Waals surface area contributed by atoms with Crippen LogP contribution >= 0.6 is 0 Å². The van der Waals surface area contributed by atoms with Crippen LogP contribution in [0.3, 0.4) is 0 Å². The molecule has 72 valence electrons. The number of rotatable bonds is 6. The molecule has 1 aliphatic carbocycles. The predicted molar refractivity (Wildman–Crippen MR) is 48.3 cm³/mol. The van der Waals surface area contributed by atoms with Crippen LogP contribution in [0.1, 0.15) is 19.8 Å². The number of hydrogen-bond acceptors (Lipinski definition) is 3. The van der Waals surface area contributed by atoms with Gasteiger partial charge in [0.05, 0.1) is 19.3 Å². The Balaban J connectivity index is 1.88. The van der Waals surface area contributed by atoms with Gasteiger partial charge in [-0.2, -0.15) is 0 Å². The molecule has 1 rings (SSSR count). The molecule has 1 saturated carbocycles. The van der Waals surface area contributed by atoms with Crippen molar-refractivity contribution < 1.29 is 9.47 Å². The minimum Gasteiger partial charge on any atom is -0.382 e. The molecule has 0 radical (unpaired) electrons. The van der Waals surface area contributed by atoms with Crippen LogP contribution in [0.5, 0.6) is 0 Å². The fourth-order valence-electron chi connectivity index (χ4n) is 1.46. The van der Waals surface area contributed by atoms with E-state index in [1.165, 1.54) is 0 Å². The Hall–Kier alpha value is -0.120. The summed E-state index contributed by atoms with van der Waals surface area (Å²) in [5.74, 6) is 0. The van der Waals surface area contributed by atoms with E-state index in [0.29, 0.717) is 18.8 Å². The summed E-state index contributed by atoms with van der Waals surface area (Å²) in [6, 6.07) is 0.697. The third-order valence-electron chi connectivity index (χ3n) is 2.23. The van der Waals surface area contributed by atoms with Gasteiger partial charge in [0, 0.05) is 13.2 Å². The minimum atomic E-state index is 0.476. The van der Waals surface area contributed by atoms with E-state index in [1.807, 2.05) is 0 Å². The average molecular weight is 173 g/mol. The van der Waals surface area contributed by atoms with Gasteiger partial charge in [0.25, 0.3) is 0 Å². The SMILES string of the molecule is CCNC1CC(OCCOC)C1. The highest BCUT2D eigenvalue weighted by Crippen LogP contribution is 2.22. The lowest BCUT2D eigenvalue weighted by Crippen LogP contribution is -2.45. The number of ether oxygens (including phenoxy) is 2. The Kier molecular flexibility index (Phi) is 4.58. The van der Waals surface area contributed by atoms with Gasteiger partial charge < -0.3 is 14.8 Å². The van der Waals surface area contributed by atoms with Gasteiger partial charge in [-0.1, -0.05) is 6.92 Å². The van der Waals surface area contributed by atoms with Gasteiger partial charge in [0.2, 0.25) is 0 Å². The van der Waals surface area contributed by atoms with Gasteiger partial charge in [-0.15, -0.1) is 0 Å². The summed E-state index contributed by atoms with van der Waals surface area (Å²) in [4.78, 5) is 0. The van der Waals surface area contributed by atoms with E-state index >= 15 is 0 Å². The van der Waals surface area contributed by atoms with Crippen molar-refractivity contribution in [3.63, 3.8) is 0 Å². The lowest BCUT2D eigenvalue weighted by atomic mass is 9.89. The third-order valence-corrected chi connectivity index (χ3v) is 2.23. The molecular weight excluding hydrogens is 154 g/mol. The molecule has 0 aliphatic heterocycles. The summed E-state index contributed by atoms with van der Waals surface area (Å²) in [6.07, 6.45) is 2.80. The lowest BCUT2D eigenvalue weighted by Gasteiger charge is -2.35. The van der Waals surface area contributed by atoms with Gasteiger partial charge in [0.1, 0.15) is 0 Å². The molecular formula is C9H19NO2. The second-order valence-electron chi connectivity index (χ2n) is 3.21.